The summed E-state index contributed by atoms with van der Waals surface area (Å²) >= 11 is 0. The Bertz CT molecular complexity index is 712. The van der Waals surface area contributed by atoms with Crippen molar-refractivity contribution >= 4 is 0 Å². The Balaban J connectivity index is 2.00. The zero-order chi connectivity index (χ0) is 16.8. The minimum Gasteiger partial charge on any atom is -0.494 e. The van der Waals surface area contributed by atoms with Crippen LogP contribution in [0.4, 0.5) is 4.39 Å². The van der Waals surface area contributed by atoms with Crippen molar-refractivity contribution in [1.82, 2.24) is 4.90 Å². The van der Waals surface area contributed by atoms with Gasteiger partial charge in [-0.15, -0.1) is 0 Å². The minimum absolute atomic E-state index is 0.155. The molecule has 2 aromatic carbocycles. The van der Waals surface area contributed by atoms with E-state index in [1.165, 1.54) is 19.2 Å². The Labute approximate surface area is 135 Å². The molecule has 0 radical (unpaired) electrons. The van der Waals surface area contributed by atoms with Gasteiger partial charge < -0.3 is 9.84 Å². The van der Waals surface area contributed by atoms with Crippen LogP contribution in [0.1, 0.15) is 22.8 Å². The molecule has 1 N–H and O–H groups in total. The number of ether oxygens (including phenoxy) is 1. The van der Waals surface area contributed by atoms with Gasteiger partial charge in [-0.25, -0.2) is 4.39 Å². The standard InChI is InChI=1S/C18H19FN2O2/c1-21(11-14-5-3-4-13(8-14)10-20)12-17(22)15-6-7-18(23-2)16(19)9-15/h3-9,17,22H,11-12H2,1-2H3/t17-/m0/s1. The monoisotopic (exact) mass is 314 g/mol. The number of rotatable bonds is 6. The number of aliphatic hydroxyl groups excluding tert-OH is 1. The SMILES string of the molecule is COc1ccc([C@@H](O)CN(C)Cc2cccc(C#N)c2)cc1F. The molecule has 0 saturated heterocycles. The maximum atomic E-state index is 13.7. The lowest BCUT2D eigenvalue weighted by Gasteiger charge is -2.21. The molecule has 0 aliphatic carbocycles. The zero-order valence-corrected chi connectivity index (χ0v) is 13.2. The number of likely N-dealkylation sites (N-methyl/N-ethyl adjacent to an activating group) is 1. The van der Waals surface area contributed by atoms with E-state index in [0.717, 1.165) is 5.56 Å². The van der Waals surface area contributed by atoms with Crippen LogP contribution in [0.25, 0.3) is 0 Å². The van der Waals surface area contributed by atoms with Gasteiger partial charge in [-0.3, -0.25) is 4.90 Å². The summed E-state index contributed by atoms with van der Waals surface area (Å²) < 4.78 is 18.6. The van der Waals surface area contributed by atoms with Crippen molar-refractivity contribution in [3.63, 3.8) is 0 Å². The molecule has 0 fully saturated rings. The lowest BCUT2D eigenvalue weighted by Crippen LogP contribution is -2.24. The fourth-order valence-electron chi connectivity index (χ4n) is 2.41. The number of nitriles is 1. The molecule has 0 heterocycles. The lowest BCUT2D eigenvalue weighted by molar-refractivity contribution is 0.123. The third kappa shape index (κ3) is 4.52. The summed E-state index contributed by atoms with van der Waals surface area (Å²) in [6.07, 6.45) is -0.806. The van der Waals surface area contributed by atoms with Gasteiger partial charge in [-0.2, -0.15) is 5.26 Å². The number of hydrogen-bond donors (Lipinski definition) is 1. The summed E-state index contributed by atoms with van der Waals surface area (Å²) in [4.78, 5) is 1.92. The van der Waals surface area contributed by atoms with Gasteiger partial charge in [0.1, 0.15) is 0 Å². The quantitative estimate of drug-likeness (QED) is 0.891. The topological polar surface area (TPSA) is 56.5 Å². The molecule has 120 valence electrons. The maximum absolute atomic E-state index is 13.7. The summed E-state index contributed by atoms with van der Waals surface area (Å²) in [5, 5.41) is 19.2. The van der Waals surface area contributed by atoms with E-state index >= 15 is 0 Å². The molecule has 5 heteroatoms. The third-order valence-corrected chi connectivity index (χ3v) is 3.55. The van der Waals surface area contributed by atoms with Crippen LogP contribution in [0.3, 0.4) is 0 Å². The van der Waals surface area contributed by atoms with Gasteiger partial charge in [0, 0.05) is 13.1 Å². The second-order valence-corrected chi connectivity index (χ2v) is 5.42. The molecule has 0 aromatic heterocycles. The van der Waals surface area contributed by atoms with Crippen molar-refractivity contribution in [3.8, 4) is 11.8 Å². The van der Waals surface area contributed by atoms with Gasteiger partial charge in [0.15, 0.2) is 11.6 Å². The Morgan fingerprint density at radius 1 is 1.30 bits per heavy atom. The van der Waals surface area contributed by atoms with Gasteiger partial charge in [0.25, 0.3) is 0 Å². The van der Waals surface area contributed by atoms with Gasteiger partial charge in [-0.1, -0.05) is 18.2 Å². The van der Waals surface area contributed by atoms with Crippen LogP contribution in [-0.4, -0.2) is 30.7 Å². The molecule has 0 bridgehead atoms. The van der Waals surface area contributed by atoms with Crippen LogP contribution in [0, 0.1) is 17.1 Å². The van der Waals surface area contributed by atoms with Crippen molar-refractivity contribution in [2.75, 3.05) is 20.7 Å². The summed E-state index contributed by atoms with van der Waals surface area (Å²) in [6.45, 7) is 0.938. The predicted molar refractivity (Wildman–Crippen MR) is 85.4 cm³/mol. The first kappa shape index (κ1) is 16.9. The molecular weight excluding hydrogens is 295 g/mol. The number of hydrogen-bond acceptors (Lipinski definition) is 4. The van der Waals surface area contributed by atoms with Crippen molar-refractivity contribution in [2.24, 2.45) is 0 Å². The Kier molecular flexibility index (Phi) is 5.69. The van der Waals surface area contributed by atoms with Crippen molar-refractivity contribution in [1.29, 1.82) is 5.26 Å². The highest BCUT2D eigenvalue weighted by Gasteiger charge is 2.14. The normalized spacial score (nSPS) is 12.0. The van der Waals surface area contributed by atoms with Crippen LogP contribution in [0.15, 0.2) is 42.5 Å². The van der Waals surface area contributed by atoms with E-state index in [1.807, 2.05) is 30.1 Å². The molecule has 0 amide bonds. The summed E-state index contributed by atoms with van der Waals surface area (Å²) in [5.41, 5.74) is 2.09. The van der Waals surface area contributed by atoms with Crippen molar-refractivity contribution in [3.05, 3.63) is 65.0 Å². The van der Waals surface area contributed by atoms with E-state index in [9.17, 15) is 9.50 Å². The van der Waals surface area contributed by atoms with Crippen LogP contribution in [-0.2, 0) is 6.54 Å². The van der Waals surface area contributed by atoms with Gasteiger partial charge in [0.05, 0.1) is 24.8 Å². The highest BCUT2D eigenvalue weighted by Crippen LogP contribution is 2.22. The van der Waals surface area contributed by atoms with E-state index in [0.29, 0.717) is 24.2 Å². The maximum Gasteiger partial charge on any atom is 0.165 e. The highest BCUT2D eigenvalue weighted by molar-refractivity contribution is 5.33. The van der Waals surface area contributed by atoms with Gasteiger partial charge in [-0.05, 0) is 42.4 Å². The zero-order valence-electron chi connectivity index (χ0n) is 13.2. The van der Waals surface area contributed by atoms with E-state index in [2.05, 4.69) is 6.07 Å². The second-order valence-electron chi connectivity index (χ2n) is 5.42. The molecule has 23 heavy (non-hydrogen) atoms. The predicted octanol–water partition coefficient (Wildman–Crippen LogP) is 2.87. The number of aliphatic hydroxyl groups is 1. The van der Waals surface area contributed by atoms with Crippen LogP contribution < -0.4 is 4.74 Å². The summed E-state index contributed by atoms with van der Waals surface area (Å²) in [6, 6.07) is 13.9. The summed E-state index contributed by atoms with van der Waals surface area (Å²) in [7, 11) is 3.26. The molecule has 4 nitrogen and oxygen atoms in total. The van der Waals surface area contributed by atoms with Gasteiger partial charge >= 0.3 is 0 Å². The van der Waals surface area contributed by atoms with Gasteiger partial charge in [0.2, 0.25) is 0 Å². The number of benzene rings is 2. The van der Waals surface area contributed by atoms with E-state index in [1.54, 1.807) is 12.1 Å². The average Bonchev–Trinajstić information content (AvgIpc) is 2.54. The first-order valence-corrected chi connectivity index (χ1v) is 7.22. The Hall–Kier alpha value is -2.42. The minimum atomic E-state index is -0.806. The summed E-state index contributed by atoms with van der Waals surface area (Å²) in [5.74, 6) is -0.337. The molecule has 0 spiro atoms. The molecule has 2 rings (SSSR count). The largest absolute Gasteiger partial charge is 0.494 e. The molecule has 2 aromatic rings. The molecule has 0 aliphatic rings. The van der Waals surface area contributed by atoms with Crippen LogP contribution in [0.5, 0.6) is 5.75 Å². The Morgan fingerprint density at radius 3 is 2.74 bits per heavy atom. The smallest absolute Gasteiger partial charge is 0.165 e. The number of methoxy groups -OCH3 is 1. The average molecular weight is 314 g/mol. The Morgan fingerprint density at radius 2 is 2.09 bits per heavy atom. The van der Waals surface area contributed by atoms with Crippen LogP contribution >= 0.6 is 0 Å². The molecule has 1 atom stereocenters. The van der Waals surface area contributed by atoms with E-state index in [-0.39, 0.29) is 5.75 Å². The highest BCUT2D eigenvalue weighted by atomic mass is 19.1. The fourth-order valence-corrected chi connectivity index (χ4v) is 2.41. The third-order valence-electron chi connectivity index (χ3n) is 3.55. The number of nitrogens with zero attached hydrogens (tertiary/aromatic N) is 2. The first-order valence-electron chi connectivity index (χ1n) is 7.22. The van der Waals surface area contributed by atoms with Crippen molar-refractivity contribution < 1.29 is 14.2 Å². The fraction of sp³-hybridized carbons (Fsp3) is 0.278. The van der Waals surface area contributed by atoms with Crippen molar-refractivity contribution in [2.45, 2.75) is 12.6 Å². The van der Waals surface area contributed by atoms with Crippen LogP contribution in [0.2, 0.25) is 0 Å². The molecule has 0 saturated carbocycles. The molecular formula is C18H19FN2O2. The van der Waals surface area contributed by atoms with E-state index < -0.39 is 11.9 Å². The lowest BCUT2D eigenvalue weighted by atomic mass is 10.1. The first-order chi connectivity index (χ1) is 11.0. The number of halogens is 1. The molecule has 0 unspecified atom stereocenters. The molecule has 0 aliphatic heterocycles. The van der Waals surface area contributed by atoms with E-state index in [4.69, 9.17) is 10.00 Å². The second kappa shape index (κ2) is 7.73.